The van der Waals surface area contributed by atoms with E-state index >= 15 is 0 Å². The summed E-state index contributed by atoms with van der Waals surface area (Å²) in [7, 11) is 0. The Morgan fingerprint density at radius 2 is 2.00 bits per heavy atom. The molecule has 8 heteroatoms. The third-order valence-electron chi connectivity index (χ3n) is 3.63. The minimum absolute atomic E-state index is 0.120. The van der Waals surface area contributed by atoms with Gasteiger partial charge in [0, 0.05) is 32.7 Å². The Morgan fingerprint density at radius 1 is 1.22 bits per heavy atom. The van der Waals surface area contributed by atoms with Crippen molar-refractivity contribution in [3.8, 4) is 5.75 Å². The monoisotopic (exact) mass is 331 g/mol. The first-order valence-electron chi connectivity index (χ1n) is 7.43. The maximum Gasteiger partial charge on any atom is 0.401 e. The van der Waals surface area contributed by atoms with Gasteiger partial charge in [0.05, 0.1) is 6.54 Å². The van der Waals surface area contributed by atoms with E-state index in [1.165, 1.54) is 15.9 Å². The fraction of sp³-hybridized carbons (Fsp3) is 0.533. The summed E-state index contributed by atoms with van der Waals surface area (Å²) in [6, 6.07) is 6.23. The summed E-state index contributed by atoms with van der Waals surface area (Å²) in [6.45, 7) is 0.554. The van der Waals surface area contributed by atoms with Gasteiger partial charge in [-0.1, -0.05) is 12.1 Å². The van der Waals surface area contributed by atoms with E-state index in [0.717, 1.165) is 5.56 Å². The topological polar surface area (TPSA) is 55.8 Å². The number of amides is 2. The van der Waals surface area contributed by atoms with E-state index in [1.54, 1.807) is 18.2 Å². The quantitative estimate of drug-likeness (QED) is 0.892. The van der Waals surface area contributed by atoms with Crippen molar-refractivity contribution in [3.05, 3.63) is 29.8 Å². The number of rotatable bonds is 3. The van der Waals surface area contributed by atoms with Crippen LogP contribution in [0.4, 0.5) is 18.0 Å². The van der Waals surface area contributed by atoms with Crippen LogP contribution >= 0.6 is 0 Å². The minimum atomic E-state index is -4.22. The molecule has 1 heterocycles. The molecule has 0 spiro atoms. The normalized spacial score (nSPS) is 16.9. The van der Waals surface area contributed by atoms with Crippen LogP contribution in [0, 0.1) is 0 Å². The molecule has 1 saturated heterocycles. The van der Waals surface area contributed by atoms with Crippen LogP contribution in [-0.4, -0.2) is 59.8 Å². The van der Waals surface area contributed by atoms with Crippen LogP contribution < -0.4 is 5.32 Å². The summed E-state index contributed by atoms with van der Waals surface area (Å²) < 4.78 is 37.2. The van der Waals surface area contributed by atoms with Gasteiger partial charge in [0.2, 0.25) is 0 Å². The summed E-state index contributed by atoms with van der Waals surface area (Å²) >= 11 is 0. The molecule has 1 fully saturated rings. The van der Waals surface area contributed by atoms with Gasteiger partial charge >= 0.3 is 12.2 Å². The van der Waals surface area contributed by atoms with E-state index in [-0.39, 0.29) is 31.4 Å². The molecular formula is C15H20F3N3O2. The Hall–Kier alpha value is -1.96. The number of aromatic hydroxyl groups is 1. The molecular weight excluding hydrogens is 311 g/mol. The first kappa shape index (κ1) is 17.4. The predicted octanol–water partition coefficient (Wildman–Crippen LogP) is 2.17. The van der Waals surface area contributed by atoms with Gasteiger partial charge in [-0.3, -0.25) is 4.90 Å². The average Bonchev–Trinajstić information content (AvgIpc) is 2.69. The number of halogens is 3. The van der Waals surface area contributed by atoms with Crippen molar-refractivity contribution >= 4 is 6.03 Å². The molecule has 2 N–H and O–H groups in total. The highest BCUT2D eigenvalue weighted by Crippen LogP contribution is 2.17. The fourth-order valence-corrected chi connectivity index (χ4v) is 2.54. The van der Waals surface area contributed by atoms with Gasteiger partial charge in [-0.2, -0.15) is 13.2 Å². The molecule has 1 aromatic carbocycles. The fourth-order valence-electron chi connectivity index (χ4n) is 2.54. The Morgan fingerprint density at radius 3 is 2.70 bits per heavy atom. The second-order valence-electron chi connectivity index (χ2n) is 5.56. The second kappa shape index (κ2) is 7.54. The number of nitrogens with zero attached hydrogens (tertiary/aromatic N) is 2. The Labute approximate surface area is 132 Å². The zero-order valence-electron chi connectivity index (χ0n) is 12.6. The minimum Gasteiger partial charge on any atom is -0.508 e. The second-order valence-corrected chi connectivity index (χ2v) is 5.56. The molecule has 1 aromatic rings. The molecule has 5 nitrogen and oxygen atoms in total. The number of hydrogen-bond donors (Lipinski definition) is 2. The van der Waals surface area contributed by atoms with Gasteiger partial charge in [0.1, 0.15) is 5.75 Å². The smallest absolute Gasteiger partial charge is 0.401 e. The van der Waals surface area contributed by atoms with Crippen molar-refractivity contribution in [2.45, 2.75) is 19.1 Å². The highest BCUT2D eigenvalue weighted by molar-refractivity contribution is 5.74. The van der Waals surface area contributed by atoms with E-state index in [2.05, 4.69) is 5.32 Å². The first-order chi connectivity index (χ1) is 10.8. The maximum atomic E-state index is 12.4. The lowest BCUT2D eigenvalue weighted by molar-refractivity contribution is -0.145. The molecule has 23 heavy (non-hydrogen) atoms. The van der Waals surface area contributed by atoms with Gasteiger partial charge in [-0.25, -0.2) is 4.79 Å². The summed E-state index contributed by atoms with van der Waals surface area (Å²) in [5.74, 6) is 0.120. The largest absolute Gasteiger partial charge is 0.508 e. The summed E-state index contributed by atoms with van der Waals surface area (Å²) in [5.41, 5.74) is 0.756. The zero-order chi connectivity index (χ0) is 16.9. The van der Waals surface area contributed by atoms with E-state index in [9.17, 15) is 23.1 Å². The third-order valence-corrected chi connectivity index (χ3v) is 3.63. The third kappa shape index (κ3) is 5.97. The van der Waals surface area contributed by atoms with Gasteiger partial charge in [-0.15, -0.1) is 0 Å². The van der Waals surface area contributed by atoms with E-state index in [1.807, 2.05) is 0 Å². The number of phenols is 1. The van der Waals surface area contributed by atoms with Crippen LogP contribution in [0.3, 0.4) is 0 Å². The SMILES string of the molecule is O=C(NCc1cccc(O)c1)N1CCCN(CC(F)(F)F)CC1. The van der Waals surface area contributed by atoms with Crippen LogP contribution in [0.25, 0.3) is 0 Å². The maximum absolute atomic E-state index is 12.4. The number of phenolic OH excluding ortho intramolecular Hbond substituents is 1. The molecule has 128 valence electrons. The van der Waals surface area contributed by atoms with Gasteiger partial charge < -0.3 is 15.3 Å². The van der Waals surface area contributed by atoms with Gasteiger partial charge in [-0.05, 0) is 24.1 Å². The van der Waals surface area contributed by atoms with Crippen LogP contribution in [0.5, 0.6) is 5.75 Å². The van der Waals surface area contributed by atoms with Crippen molar-refractivity contribution in [1.82, 2.24) is 15.1 Å². The lowest BCUT2D eigenvalue weighted by Crippen LogP contribution is -2.42. The molecule has 0 radical (unpaired) electrons. The van der Waals surface area contributed by atoms with Crippen molar-refractivity contribution in [3.63, 3.8) is 0 Å². The molecule has 0 unspecified atom stereocenters. The number of carbonyl (C=O) groups is 1. The molecule has 0 aromatic heterocycles. The summed E-state index contributed by atoms with van der Waals surface area (Å²) in [4.78, 5) is 15.0. The van der Waals surface area contributed by atoms with Crippen molar-refractivity contribution < 1.29 is 23.1 Å². The van der Waals surface area contributed by atoms with Gasteiger partial charge in [0.25, 0.3) is 0 Å². The average molecular weight is 331 g/mol. The number of urea groups is 1. The summed E-state index contributed by atoms with van der Waals surface area (Å²) in [5, 5.41) is 12.1. The summed E-state index contributed by atoms with van der Waals surface area (Å²) in [6.07, 6.45) is -3.71. The molecule has 2 rings (SSSR count). The lowest BCUT2D eigenvalue weighted by Gasteiger charge is -2.23. The van der Waals surface area contributed by atoms with E-state index < -0.39 is 12.7 Å². The van der Waals surface area contributed by atoms with E-state index in [4.69, 9.17) is 0 Å². The highest BCUT2D eigenvalue weighted by Gasteiger charge is 2.31. The van der Waals surface area contributed by atoms with Crippen LogP contribution in [-0.2, 0) is 6.54 Å². The number of nitrogens with one attached hydrogen (secondary N) is 1. The van der Waals surface area contributed by atoms with Crippen LogP contribution in [0.15, 0.2) is 24.3 Å². The number of carbonyl (C=O) groups excluding carboxylic acids is 1. The van der Waals surface area contributed by atoms with Crippen molar-refractivity contribution in [1.29, 1.82) is 0 Å². The number of hydrogen-bond acceptors (Lipinski definition) is 3. The first-order valence-corrected chi connectivity index (χ1v) is 7.43. The molecule has 0 saturated carbocycles. The van der Waals surface area contributed by atoms with E-state index in [0.29, 0.717) is 19.5 Å². The standard InChI is InChI=1S/C15H20F3N3O2/c16-15(17,18)11-20-5-2-6-21(8-7-20)14(23)19-10-12-3-1-4-13(22)9-12/h1,3-4,9,22H,2,5-8,10-11H2,(H,19,23). The molecule has 1 aliphatic rings. The molecule has 1 aliphatic heterocycles. The lowest BCUT2D eigenvalue weighted by atomic mass is 10.2. The highest BCUT2D eigenvalue weighted by atomic mass is 19.4. The van der Waals surface area contributed by atoms with Crippen molar-refractivity contribution in [2.24, 2.45) is 0 Å². The Balaban J connectivity index is 1.81. The number of alkyl halides is 3. The molecule has 0 atom stereocenters. The molecule has 0 aliphatic carbocycles. The van der Waals surface area contributed by atoms with Crippen LogP contribution in [0.1, 0.15) is 12.0 Å². The van der Waals surface area contributed by atoms with Gasteiger partial charge in [0.15, 0.2) is 0 Å². The Bertz CT molecular complexity index is 537. The number of benzene rings is 1. The van der Waals surface area contributed by atoms with Crippen LogP contribution in [0.2, 0.25) is 0 Å². The Kier molecular flexibility index (Phi) is 5.70. The zero-order valence-corrected chi connectivity index (χ0v) is 12.6. The molecule has 2 amide bonds. The predicted molar refractivity (Wildman–Crippen MR) is 79.0 cm³/mol. The van der Waals surface area contributed by atoms with Crippen molar-refractivity contribution in [2.75, 3.05) is 32.7 Å². The molecule has 0 bridgehead atoms.